The van der Waals surface area contributed by atoms with E-state index in [0.29, 0.717) is 5.82 Å². The highest BCUT2D eigenvalue weighted by Gasteiger charge is 2.15. The van der Waals surface area contributed by atoms with E-state index >= 15 is 0 Å². The Morgan fingerprint density at radius 1 is 0.750 bits per heavy atom. The second-order valence-electron chi connectivity index (χ2n) is 6.65. The summed E-state index contributed by atoms with van der Waals surface area (Å²) in [5, 5.41) is 5.89. The van der Waals surface area contributed by atoms with Crippen LogP contribution in [0.15, 0.2) is 84.8 Å². The second kappa shape index (κ2) is 5.97. The first-order valence-electron chi connectivity index (χ1n) is 9.02. The van der Waals surface area contributed by atoms with Crippen molar-refractivity contribution in [3.05, 3.63) is 84.8 Å². The van der Waals surface area contributed by atoms with Crippen molar-refractivity contribution < 1.29 is 0 Å². The van der Waals surface area contributed by atoms with Crippen LogP contribution in [-0.4, -0.2) is 19.5 Å². The van der Waals surface area contributed by atoms with Gasteiger partial charge in [0, 0.05) is 38.8 Å². The molecular formula is C23H14N4S. The molecule has 0 aliphatic rings. The highest BCUT2D eigenvalue weighted by atomic mass is 32.1. The van der Waals surface area contributed by atoms with Gasteiger partial charge in [0.15, 0.2) is 5.82 Å². The van der Waals surface area contributed by atoms with E-state index in [9.17, 15) is 0 Å². The minimum atomic E-state index is 0.679. The van der Waals surface area contributed by atoms with Crippen LogP contribution in [0.4, 0.5) is 0 Å². The second-order valence-corrected chi connectivity index (χ2v) is 7.60. The summed E-state index contributed by atoms with van der Waals surface area (Å²) in [6, 6.07) is 19.0. The highest BCUT2D eigenvalue weighted by Crippen LogP contribution is 2.37. The Morgan fingerprint density at radius 3 is 2.50 bits per heavy atom. The minimum Gasteiger partial charge on any atom is -0.306 e. The molecule has 6 aromatic rings. The zero-order valence-electron chi connectivity index (χ0n) is 14.8. The summed E-state index contributed by atoms with van der Waals surface area (Å²) in [5.74, 6) is 0.679. The van der Waals surface area contributed by atoms with Crippen molar-refractivity contribution in [3.8, 4) is 17.1 Å². The summed E-state index contributed by atoms with van der Waals surface area (Å²) in [6.45, 7) is 0. The van der Waals surface area contributed by atoms with Crippen LogP contribution in [0.25, 0.3) is 49.0 Å². The van der Waals surface area contributed by atoms with Gasteiger partial charge in [-0.2, -0.15) is 0 Å². The van der Waals surface area contributed by atoms with Gasteiger partial charge in [0.25, 0.3) is 0 Å². The molecule has 2 aromatic carbocycles. The van der Waals surface area contributed by atoms with Crippen LogP contribution in [0, 0.1) is 0 Å². The fourth-order valence-electron chi connectivity index (χ4n) is 3.85. The minimum absolute atomic E-state index is 0.679. The van der Waals surface area contributed by atoms with Gasteiger partial charge in [0.2, 0.25) is 0 Å². The SMILES string of the molecule is c1cncc(-c2ncc(-n3c4ccccc4c4ccc5sccc5c43)cn2)c1. The number of nitrogens with zero attached hydrogens (tertiary/aromatic N) is 4. The monoisotopic (exact) mass is 378 g/mol. The molecule has 28 heavy (non-hydrogen) atoms. The van der Waals surface area contributed by atoms with Crippen LogP contribution in [0.2, 0.25) is 0 Å². The van der Waals surface area contributed by atoms with Crippen molar-refractivity contribution in [2.45, 2.75) is 0 Å². The zero-order chi connectivity index (χ0) is 18.5. The Balaban J connectivity index is 1.66. The molecule has 0 unspecified atom stereocenters. The van der Waals surface area contributed by atoms with E-state index in [2.05, 4.69) is 67.4 Å². The summed E-state index contributed by atoms with van der Waals surface area (Å²) in [7, 11) is 0. The van der Waals surface area contributed by atoms with Crippen LogP contribution in [0.5, 0.6) is 0 Å². The lowest BCUT2D eigenvalue weighted by Gasteiger charge is -2.08. The molecule has 4 heterocycles. The first-order valence-corrected chi connectivity index (χ1v) is 9.90. The van der Waals surface area contributed by atoms with Crippen LogP contribution in [0.1, 0.15) is 0 Å². The Hall–Kier alpha value is -3.57. The zero-order valence-corrected chi connectivity index (χ0v) is 15.6. The molecule has 0 N–H and O–H groups in total. The number of fused-ring (bicyclic) bond motifs is 5. The number of aromatic nitrogens is 4. The molecule has 4 nitrogen and oxygen atoms in total. The number of rotatable bonds is 2. The maximum absolute atomic E-state index is 4.62. The molecule has 6 rings (SSSR count). The predicted molar refractivity (Wildman–Crippen MR) is 115 cm³/mol. The largest absolute Gasteiger partial charge is 0.306 e. The normalized spacial score (nSPS) is 11.6. The fraction of sp³-hybridized carbons (Fsp3) is 0. The number of pyridine rings is 1. The highest BCUT2D eigenvalue weighted by molar-refractivity contribution is 7.17. The molecule has 0 atom stereocenters. The van der Waals surface area contributed by atoms with E-state index in [0.717, 1.165) is 16.8 Å². The molecule has 0 radical (unpaired) electrons. The molecule has 0 aliphatic carbocycles. The lowest BCUT2D eigenvalue weighted by atomic mass is 10.1. The van der Waals surface area contributed by atoms with Gasteiger partial charge in [-0.15, -0.1) is 11.3 Å². The predicted octanol–water partition coefficient (Wildman–Crippen LogP) is 5.85. The van der Waals surface area contributed by atoms with Gasteiger partial charge >= 0.3 is 0 Å². The van der Waals surface area contributed by atoms with E-state index in [4.69, 9.17) is 0 Å². The van der Waals surface area contributed by atoms with E-state index in [-0.39, 0.29) is 0 Å². The number of hydrogen-bond donors (Lipinski definition) is 0. The van der Waals surface area contributed by atoms with Crippen LogP contribution in [-0.2, 0) is 0 Å². The summed E-state index contributed by atoms with van der Waals surface area (Å²) in [5.41, 5.74) is 4.24. The third-order valence-corrected chi connectivity index (χ3v) is 5.96. The molecule has 132 valence electrons. The third-order valence-electron chi connectivity index (χ3n) is 5.08. The average Bonchev–Trinajstić information content (AvgIpc) is 3.37. The van der Waals surface area contributed by atoms with Gasteiger partial charge in [-0.1, -0.05) is 24.3 Å². The van der Waals surface area contributed by atoms with E-state index < -0.39 is 0 Å². The molecule has 0 aliphatic heterocycles. The number of thiophene rings is 1. The molecule has 0 saturated heterocycles. The first kappa shape index (κ1) is 15.5. The van der Waals surface area contributed by atoms with E-state index in [1.165, 1.54) is 26.4 Å². The quantitative estimate of drug-likeness (QED) is 0.379. The van der Waals surface area contributed by atoms with Crippen molar-refractivity contribution in [1.29, 1.82) is 0 Å². The van der Waals surface area contributed by atoms with Crippen molar-refractivity contribution in [3.63, 3.8) is 0 Å². The van der Waals surface area contributed by atoms with Gasteiger partial charge in [-0.3, -0.25) is 4.98 Å². The van der Waals surface area contributed by atoms with Crippen LogP contribution in [0.3, 0.4) is 0 Å². The van der Waals surface area contributed by atoms with Gasteiger partial charge in [-0.25, -0.2) is 9.97 Å². The van der Waals surface area contributed by atoms with Gasteiger partial charge < -0.3 is 4.57 Å². The lowest BCUT2D eigenvalue weighted by Crippen LogP contribution is -1.98. The van der Waals surface area contributed by atoms with Crippen molar-refractivity contribution in [2.75, 3.05) is 0 Å². The molecule has 4 aromatic heterocycles. The third kappa shape index (κ3) is 2.20. The lowest BCUT2D eigenvalue weighted by molar-refractivity contribution is 1.08. The summed E-state index contributed by atoms with van der Waals surface area (Å²) in [4.78, 5) is 13.4. The molecule has 0 amide bonds. The van der Waals surface area contributed by atoms with Crippen molar-refractivity contribution in [2.24, 2.45) is 0 Å². The Bertz CT molecular complexity index is 1450. The number of para-hydroxylation sites is 1. The Morgan fingerprint density at radius 2 is 1.64 bits per heavy atom. The molecule has 0 saturated carbocycles. The van der Waals surface area contributed by atoms with E-state index in [1.54, 1.807) is 23.7 Å². The molecule has 0 spiro atoms. The summed E-state index contributed by atoms with van der Waals surface area (Å²) in [6.07, 6.45) is 7.32. The first-order chi connectivity index (χ1) is 13.9. The standard InChI is InChI=1S/C23H14N4S/c1-2-6-20-17(5-1)18-7-8-21-19(9-11-28-21)22(18)27(20)16-13-25-23(26-14-16)15-4-3-10-24-12-15/h1-14H. The summed E-state index contributed by atoms with van der Waals surface area (Å²) < 4.78 is 3.55. The molecule has 5 heteroatoms. The maximum atomic E-state index is 4.62. The smallest absolute Gasteiger partial charge is 0.160 e. The van der Waals surface area contributed by atoms with Gasteiger partial charge in [0.05, 0.1) is 29.1 Å². The van der Waals surface area contributed by atoms with E-state index in [1.807, 2.05) is 24.5 Å². The molecular weight excluding hydrogens is 364 g/mol. The Labute approximate surface area is 164 Å². The molecule has 0 fully saturated rings. The topological polar surface area (TPSA) is 43.6 Å². The fourth-order valence-corrected chi connectivity index (χ4v) is 4.64. The van der Waals surface area contributed by atoms with Crippen molar-refractivity contribution >= 4 is 43.2 Å². The average molecular weight is 378 g/mol. The maximum Gasteiger partial charge on any atom is 0.160 e. The van der Waals surface area contributed by atoms with Gasteiger partial charge in [-0.05, 0) is 35.7 Å². The van der Waals surface area contributed by atoms with Crippen molar-refractivity contribution in [1.82, 2.24) is 19.5 Å². The number of hydrogen-bond acceptors (Lipinski definition) is 4. The van der Waals surface area contributed by atoms with Crippen LogP contribution < -0.4 is 0 Å². The number of benzene rings is 2. The Kier molecular flexibility index (Phi) is 3.30. The van der Waals surface area contributed by atoms with Crippen LogP contribution >= 0.6 is 11.3 Å². The van der Waals surface area contributed by atoms with Gasteiger partial charge in [0.1, 0.15) is 0 Å². The molecule has 0 bridgehead atoms. The summed E-state index contributed by atoms with van der Waals surface area (Å²) >= 11 is 1.76.